The van der Waals surface area contributed by atoms with Gasteiger partial charge in [-0.3, -0.25) is 4.79 Å². The van der Waals surface area contributed by atoms with Gasteiger partial charge in [-0.2, -0.15) is 0 Å². The molecule has 4 heteroatoms. The molecule has 1 fully saturated rings. The highest BCUT2D eigenvalue weighted by Gasteiger charge is 2.44. The molecule has 2 unspecified atom stereocenters. The zero-order valence-electron chi connectivity index (χ0n) is 9.62. The van der Waals surface area contributed by atoms with E-state index < -0.39 is 0 Å². The highest BCUT2D eigenvalue weighted by molar-refractivity contribution is 8.77. The van der Waals surface area contributed by atoms with Crippen LogP contribution in [0.5, 0.6) is 0 Å². The second-order valence-electron chi connectivity index (χ2n) is 4.48. The number of amides is 1. The normalized spacial score (nSPS) is 30.7. The van der Waals surface area contributed by atoms with Crippen molar-refractivity contribution in [3.63, 3.8) is 0 Å². The molecule has 1 aliphatic rings. The number of hydrogen-bond donors (Lipinski definition) is 1. The molecule has 0 aromatic carbocycles. The third kappa shape index (κ3) is 3.31. The fourth-order valence-electron chi connectivity index (χ4n) is 1.79. The molecular formula is C11H21NOS2. The van der Waals surface area contributed by atoms with Gasteiger partial charge in [0.15, 0.2) is 0 Å². The summed E-state index contributed by atoms with van der Waals surface area (Å²) in [4.78, 5) is 11.4. The summed E-state index contributed by atoms with van der Waals surface area (Å²) in [6.07, 6.45) is 6.22. The Hall–Kier alpha value is 0.170. The Morgan fingerprint density at radius 1 is 1.47 bits per heavy atom. The molecular weight excluding hydrogens is 226 g/mol. The second kappa shape index (κ2) is 6.04. The van der Waals surface area contributed by atoms with E-state index in [4.69, 9.17) is 5.73 Å². The van der Waals surface area contributed by atoms with Gasteiger partial charge in [0, 0.05) is 11.0 Å². The first kappa shape index (κ1) is 13.2. The first-order valence-electron chi connectivity index (χ1n) is 5.69. The average Bonchev–Trinajstić information content (AvgIpc) is 2.56. The van der Waals surface area contributed by atoms with Gasteiger partial charge < -0.3 is 5.73 Å². The fourth-order valence-corrected chi connectivity index (χ4v) is 5.75. The highest BCUT2D eigenvalue weighted by atomic mass is 33.1. The van der Waals surface area contributed by atoms with Crippen LogP contribution in [0.4, 0.5) is 0 Å². The fraction of sp³-hybridized carbons (Fsp3) is 0.909. The summed E-state index contributed by atoms with van der Waals surface area (Å²) < 4.78 is 0. The van der Waals surface area contributed by atoms with Crippen LogP contribution in [0.3, 0.4) is 0 Å². The number of carbonyl (C=O) groups is 1. The molecule has 1 amide bonds. The summed E-state index contributed by atoms with van der Waals surface area (Å²) in [7, 11) is 3.65. The summed E-state index contributed by atoms with van der Waals surface area (Å²) >= 11 is 0. The van der Waals surface area contributed by atoms with E-state index in [1.54, 1.807) is 10.8 Å². The van der Waals surface area contributed by atoms with Gasteiger partial charge in [-0.25, -0.2) is 0 Å². The zero-order chi connectivity index (χ0) is 11.3. The van der Waals surface area contributed by atoms with Gasteiger partial charge in [0.25, 0.3) is 0 Å². The van der Waals surface area contributed by atoms with E-state index in [-0.39, 0.29) is 11.3 Å². The van der Waals surface area contributed by atoms with E-state index in [0.29, 0.717) is 5.25 Å². The van der Waals surface area contributed by atoms with Crippen LogP contribution in [0.2, 0.25) is 0 Å². The lowest BCUT2D eigenvalue weighted by Gasteiger charge is -2.25. The van der Waals surface area contributed by atoms with Crippen LogP contribution in [0, 0.1) is 5.41 Å². The first-order valence-corrected chi connectivity index (χ1v) is 8.07. The summed E-state index contributed by atoms with van der Waals surface area (Å²) in [6.45, 7) is 4.24. The lowest BCUT2D eigenvalue weighted by Crippen LogP contribution is -2.41. The molecule has 0 aromatic rings. The molecule has 0 radical (unpaired) electrons. The minimum Gasteiger partial charge on any atom is -0.369 e. The monoisotopic (exact) mass is 247 g/mol. The zero-order valence-corrected chi connectivity index (χ0v) is 11.3. The molecule has 2 nitrogen and oxygen atoms in total. The molecule has 2 atom stereocenters. The van der Waals surface area contributed by atoms with Crippen LogP contribution in [0.25, 0.3) is 0 Å². The Morgan fingerprint density at radius 2 is 2.20 bits per heavy atom. The van der Waals surface area contributed by atoms with Gasteiger partial charge in [0.1, 0.15) is 0 Å². The minimum absolute atomic E-state index is 0.125. The van der Waals surface area contributed by atoms with Crippen molar-refractivity contribution in [1.29, 1.82) is 0 Å². The quantitative estimate of drug-likeness (QED) is 0.579. The predicted molar refractivity (Wildman–Crippen MR) is 69.9 cm³/mol. The SMILES string of the molecule is CCCCCCC1SSCC1(C)C(N)=O. The van der Waals surface area contributed by atoms with Crippen LogP contribution in [0.1, 0.15) is 46.0 Å². The van der Waals surface area contributed by atoms with E-state index in [1.807, 2.05) is 17.7 Å². The third-order valence-corrected chi connectivity index (χ3v) is 6.44. The van der Waals surface area contributed by atoms with Crippen molar-refractivity contribution in [2.75, 3.05) is 5.75 Å². The van der Waals surface area contributed by atoms with E-state index >= 15 is 0 Å². The van der Waals surface area contributed by atoms with Crippen molar-refractivity contribution in [3.05, 3.63) is 0 Å². The van der Waals surface area contributed by atoms with Crippen LogP contribution in [0.15, 0.2) is 0 Å². The lowest BCUT2D eigenvalue weighted by molar-refractivity contribution is -0.125. The van der Waals surface area contributed by atoms with Crippen molar-refractivity contribution in [3.8, 4) is 0 Å². The van der Waals surface area contributed by atoms with Crippen LogP contribution < -0.4 is 5.73 Å². The van der Waals surface area contributed by atoms with Gasteiger partial charge >= 0.3 is 0 Å². The molecule has 1 rings (SSSR count). The Labute approximate surface area is 101 Å². The van der Waals surface area contributed by atoms with Crippen molar-refractivity contribution in [2.24, 2.45) is 11.1 Å². The second-order valence-corrected chi connectivity index (χ2v) is 7.05. The smallest absolute Gasteiger partial charge is 0.225 e. The van der Waals surface area contributed by atoms with Crippen LogP contribution in [-0.4, -0.2) is 16.9 Å². The summed E-state index contributed by atoms with van der Waals surface area (Å²) in [5.41, 5.74) is 5.21. The van der Waals surface area contributed by atoms with Gasteiger partial charge in [-0.1, -0.05) is 54.2 Å². The maximum Gasteiger partial charge on any atom is 0.225 e. The molecule has 2 N–H and O–H groups in total. The molecule has 0 aliphatic carbocycles. The first-order chi connectivity index (χ1) is 7.11. The van der Waals surface area contributed by atoms with E-state index in [9.17, 15) is 4.79 Å². The van der Waals surface area contributed by atoms with E-state index in [0.717, 1.165) is 12.2 Å². The molecule has 88 valence electrons. The molecule has 1 saturated heterocycles. The summed E-state index contributed by atoms with van der Waals surface area (Å²) in [6, 6.07) is 0. The summed E-state index contributed by atoms with van der Waals surface area (Å²) in [5.74, 6) is 0.756. The van der Waals surface area contributed by atoms with Crippen molar-refractivity contribution < 1.29 is 4.79 Å². The number of unbranched alkanes of at least 4 members (excludes halogenated alkanes) is 3. The third-order valence-electron chi connectivity index (χ3n) is 3.14. The number of rotatable bonds is 6. The lowest BCUT2D eigenvalue weighted by atomic mass is 9.85. The minimum atomic E-state index is -0.276. The maximum absolute atomic E-state index is 11.4. The average molecular weight is 247 g/mol. The number of primary amides is 1. The predicted octanol–water partition coefficient (Wildman–Crippen LogP) is 3.21. The molecule has 0 aromatic heterocycles. The van der Waals surface area contributed by atoms with Crippen LogP contribution >= 0.6 is 21.6 Å². The van der Waals surface area contributed by atoms with Crippen molar-refractivity contribution in [1.82, 2.24) is 0 Å². The molecule has 15 heavy (non-hydrogen) atoms. The largest absolute Gasteiger partial charge is 0.369 e. The van der Waals surface area contributed by atoms with Crippen molar-refractivity contribution in [2.45, 2.75) is 51.2 Å². The Balaban J connectivity index is 2.37. The van der Waals surface area contributed by atoms with Crippen LogP contribution in [-0.2, 0) is 4.79 Å². The van der Waals surface area contributed by atoms with Gasteiger partial charge in [0.05, 0.1) is 5.41 Å². The van der Waals surface area contributed by atoms with Gasteiger partial charge in [0.2, 0.25) is 5.91 Å². The molecule has 1 heterocycles. The maximum atomic E-state index is 11.4. The Bertz CT molecular complexity index is 223. The number of nitrogens with two attached hydrogens (primary N) is 1. The topological polar surface area (TPSA) is 43.1 Å². The Morgan fingerprint density at radius 3 is 2.80 bits per heavy atom. The standard InChI is InChI=1S/C11H21NOS2/c1-3-4-5-6-7-9-11(2,10(12)13)8-14-15-9/h9H,3-8H2,1-2H3,(H2,12,13). The highest BCUT2D eigenvalue weighted by Crippen LogP contribution is 2.51. The summed E-state index contributed by atoms with van der Waals surface area (Å²) in [5, 5.41) is 0.428. The number of hydrogen-bond acceptors (Lipinski definition) is 3. The molecule has 0 saturated carbocycles. The van der Waals surface area contributed by atoms with Gasteiger partial charge in [-0.05, 0) is 13.3 Å². The van der Waals surface area contributed by atoms with Gasteiger partial charge in [-0.15, -0.1) is 0 Å². The Kier molecular flexibility index (Phi) is 5.33. The molecule has 0 spiro atoms. The molecule has 0 bridgehead atoms. The number of carbonyl (C=O) groups excluding carboxylic acids is 1. The van der Waals surface area contributed by atoms with E-state index in [2.05, 4.69) is 6.92 Å². The molecule has 1 aliphatic heterocycles. The van der Waals surface area contributed by atoms with E-state index in [1.165, 1.54) is 25.7 Å². The van der Waals surface area contributed by atoms with Crippen molar-refractivity contribution >= 4 is 27.5 Å².